The van der Waals surface area contributed by atoms with Crippen LogP contribution in [0.1, 0.15) is 42.1 Å². The first-order valence-corrected chi connectivity index (χ1v) is 7.48. The van der Waals surface area contributed by atoms with Gasteiger partial charge in [-0.05, 0) is 56.5 Å². The van der Waals surface area contributed by atoms with E-state index in [1.165, 1.54) is 22.3 Å². The minimum atomic E-state index is 0.254. The molecule has 3 heteroatoms. The second-order valence-electron chi connectivity index (χ2n) is 5.68. The van der Waals surface area contributed by atoms with E-state index in [0.29, 0.717) is 12.6 Å². The number of methoxy groups -OCH3 is 1. The van der Waals surface area contributed by atoms with E-state index in [0.717, 1.165) is 13.2 Å². The van der Waals surface area contributed by atoms with E-state index in [1.807, 2.05) is 0 Å². The third-order valence-corrected chi connectivity index (χ3v) is 4.20. The molecule has 114 valence electrons. The van der Waals surface area contributed by atoms with Gasteiger partial charge in [0.25, 0.3) is 0 Å². The molecule has 0 radical (unpaired) electrons. The van der Waals surface area contributed by atoms with Crippen LogP contribution >= 0.6 is 0 Å². The van der Waals surface area contributed by atoms with Crippen molar-refractivity contribution in [2.45, 2.75) is 46.7 Å². The van der Waals surface area contributed by atoms with Gasteiger partial charge in [0.1, 0.15) is 0 Å². The normalized spacial score (nSPS) is 14.6. The van der Waals surface area contributed by atoms with Gasteiger partial charge < -0.3 is 10.5 Å². The Morgan fingerprint density at radius 2 is 1.75 bits per heavy atom. The average Bonchev–Trinajstić information content (AvgIpc) is 2.40. The molecule has 0 fully saturated rings. The molecule has 2 atom stereocenters. The summed E-state index contributed by atoms with van der Waals surface area (Å²) < 4.78 is 5.31. The van der Waals surface area contributed by atoms with Crippen LogP contribution in [-0.4, -0.2) is 37.7 Å². The number of ether oxygens (including phenoxy) is 1. The molecule has 1 rings (SSSR count). The van der Waals surface area contributed by atoms with Gasteiger partial charge in [-0.25, -0.2) is 0 Å². The molecule has 0 spiro atoms. The topological polar surface area (TPSA) is 38.5 Å². The first-order valence-electron chi connectivity index (χ1n) is 7.48. The fourth-order valence-electron chi connectivity index (χ4n) is 2.96. The van der Waals surface area contributed by atoms with Crippen LogP contribution in [0.15, 0.2) is 12.1 Å². The standard InChI is InChI=1S/C17H30N2O/c1-7-19(15(5)11-20-6)17(10-18)16-9-13(3)12(2)8-14(16)4/h8-9,15,17H,7,10-11,18H2,1-6H3. The van der Waals surface area contributed by atoms with Gasteiger partial charge in [-0.1, -0.05) is 19.1 Å². The lowest BCUT2D eigenvalue weighted by atomic mass is 9.94. The molecule has 1 aromatic rings. The van der Waals surface area contributed by atoms with Crippen LogP contribution < -0.4 is 5.73 Å². The Balaban J connectivity index is 3.13. The molecule has 2 unspecified atom stereocenters. The van der Waals surface area contributed by atoms with Gasteiger partial charge in [-0.15, -0.1) is 0 Å². The first kappa shape index (κ1) is 17.2. The number of likely N-dealkylation sites (N-methyl/N-ethyl adjacent to an activating group) is 1. The molecule has 0 aliphatic rings. The molecule has 0 saturated heterocycles. The Morgan fingerprint density at radius 3 is 2.25 bits per heavy atom. The minimum Gasteiger partial charge on any atom is -0.383 e. The van der Waals surface area contributed by atoms with Gasteiger partial charge in [0.2, 0.25) is 0 Å². The summed E-state index contributed by atoms with van der Waals surface area (Å²) in [5.74, 6) is 0. The summed E-state index contributed by atoms with van der Waals surface area (Å²) in [4.78, 5) is 2.43. The fraction of sp³-hybridized carbons (Fsp3) is 0.647. The predicted molar refractivity (Wildman–Crippen MR) is 86.2 cm³/mol. The van der Waals surface area contributed by atoms with Crippen molar-refractivity contribution in [1.82, 2.24) is 4.90 Å². The number of rotatable bonds is 7. The molecule has 0 bridgehead atoms. The van der Waals surface area contributed by atoms with Gasteiger partial charge >= 0.3 is 0 Å². The van der Waals surface area contributed by atoms with E-state index >= 15 is 0 Å². The Morgan fingerprint density at radius 1 is 1.15 bits per heavy atom. The SMILES string of the molecule is CCN(C(C)COC)C(CN)c1cc(C)c(C)cc1C. The monoisotopic (exact) mass is 278 g/mol. The summed E-state index contributed by atoms with van der Waals surface area (Å²) in [6.07, 6.45) is 0. The lowest BCUT2D eigenvalue weighted by molar-refractivity contribution is 0.0749. The molecule has 0 heterocycles. The summed E-state index contributed by atoms with van der Waals surface area (Å²) in [6, 6.07) is 5.18. The second kappa shape index (κ2) is 7.77. The molecular formula is C17H30N2O. The van der Waals surface area contributed by atoms with Crippen molar-refractivity contribution in [3.63, 3.8) is 0 Å². The molecule has 3 nitrogen and oxygen atoms in total. The summed E-state index contributed by atoms with van der Waals surface area (Å²) in [7, 11) is 1.75. The molecule has 0 aliphatic carbocycles. The smallest absolute Gasteiger partial charge is 0.0615 e. The Hall–Kier alpha value is -0.900. The highest BCUT2D eigenvalue weighted by molar-refractivity contribution is 5.38. The van der Waals surface area contributed by atoms with Crippen molar-refractivity contribution in [3.8, 4) is 0 Å². The Kier molecular flexibility index (Phi) is 6.66. The van der Waals surface area contributed by atoms with Crippen LogP contribution in [-0.2, 0) is 4.74 Å². The Bertz CT molecular complexity index is 431. The quantitative estimate of drug-likeness (QED) is 0.833. The molecule has 0 saturated carbocycles. The van der Waals surface area contributed by atoms with Gasteiger partial charge in [0.05, 0.1) is 6.61 Å². The number of nitrogens with two attached hydrogens (primary N) is 1. The number of hydrogen-bond donors (Lipinski definition) is 1. The molecular weight excluding hydrogens is 248 g/mol. The van der Waals surface area contributed by atoms with Crippen LogP contribution in [0.5, 0.6) is 0 Å². The van der Waals surface area contributed by atoms with Crippen molar-refractivity contribution in [2.75, 3.05) is 26.8 Å². The van der Waals surface area contributed by atoms with Crippen LogP contribution in [0, 0.1) is 20.8 Å². The van der Waals surface area contributed by atoms with E-state index < -0.39 is 0 Å². The zero-order chi connectivity index (χ0) is 15.3. The van der Waals surface area contributed by atoms with Crippen molar-refractivity contribution in [2.24, 2.45) is 5.73 Å². The number of nitrogens with zero attached hydrogens (tertiary/aromatic N) is 1. The number of hydrogen-bond acceptors (Lipinski definition) is 3. The van der Waals surface area contributed by atoms with E-state index in [-0.39, 0.29) is 6.04 Å². The largest absolute Gasteiger partial charge is 0.383 e. The third-order valence-electron chi connectivity index (χ3n) is 4.20. The maximum atomic E-state index is 6.09. The highest BCUT2D eigenvalue weighted by Crippen LogP contribution is 2.27. The molecule has 0 aliphatic heterocycles. The van der Waals surface area contributed by atoms with Crippen LogP contribution in [0.25, 0.3) is 0 Å². The Labute approximate surface area is 124 Å². The van der Waals surface area contributed by atoms with Crippen LogP contribution in [0.3, 0.4) is 0 Å². The molecule has 2 N–H and O–H groups in total. The van der Waals surface area contributed by atoms with Crippen molar-refractivity contribution >= 4 is 0 Å². The maximum absolute atomic E-state index is 6.09. The molecule has 20 heavy (non-hydrogen) atoms. The maximum Gasteiger partial charge on any atom is 0.0615 e. The highest BCUT2D eigenvalue weighted by atomic mass is 16.5. The van der Waals surface area contributed by atoms with E-state index in [4.69, 9.17) is 10.5 Å². The molecule has 0 amide bonds. The van der Waals surface area contributed by atoms with Gasteiger partial charge in [-0.3, -0.25) is 4.90 Å². The van der Waals surface area contributed by atoms with Crippen LogP contribution in [0.4, 0.5) is 0 Å². The highest BCUT2D eigenvalue weighted by Gasteiger charge is 2.24. The lowest BCUT2D eigenvalue weighted by Crippen LogP contribution is -2.42. The minimum absolute atomic E-state index is 0.254. The summed E-state index contributed by atoms with van der Waals surface area (Å²) in [5, 5.41) is 0. The molecule has 0 aromatic heterocycles. The molecule has 1 aromatic carbocycles. The van der Waals surface area contributed by atoms with Crippen molar-refractivity contribution < 1.29 is 4.74 Å². The van der Waals surface area contributed by atoms with Gasteiger partial charge in [0, 0.05) is 25.7 Å². The van der Waals surface area contributed by atoms with E-state index in [9.17, 15) is 0 Å². The number of aryl methyl sites for hydroxylation is 3. The fourth-order valence-corrected chi connectivity index (χ4v) is 2.96. The second-order valence-corrected chi connectivity index (χ2v) is 5.68. The third kappa shape index (κ3) is 3.81. The summed E-state index contributed by atoms with van der Waals surface area (Å²) >= 11 is 0. The number of benzene rings is 1. The van der Waals surface area contributed by atoms with Crippen LogP contribution in [0.2, 0.25) is 0 Å². The first-order chi connectivity index (χ1) is 9.46. The predicted octanol–water partition coefficient (Wildman–Crippen LogP) is 2.97. The zero-order valence-electron chi connectivity index (χ0n) is 13.9. The van der Waals surface area contributed by atoms with Crippen molar-refractivity contribution in [1.29, 1.82) is 0 Å². The van der Waals surface area contributed by atoms with Crippen molar-refractivity contribution in [3.05, 3.63) is 34.4 Å². The summed E-state index contributed by atoms with van der Waals surface area (Å²) in [6.45, 7) is 13.2. The van der Waals surface area contributed by atoms with E-state index in [1.54, 1.807) is 7.11 Å². The zero-order valence-corrected chi connectivity index (χ0v) is 13.9. The lowest BCUT2D eigenvalue weighted by Gasteiger charge is -2.36. The van der Waals surface area contributed by atoms with Gasteiger partial charge in [0.15, 0.2) is 0 Å². The average molecular weight is 278 g/mol. The van der Waals surface area contributed by atoms with Gasteiger partial charge in [-0.2, -0.15) is 0 Å². The summed E-state index contributed by atoms with van der Waals surface area (Å²) in [5.41, 5.74) is 11.4. The van der Waals surface area contributed by atoms with E-state index in [2.05, 4.69) is 51.7 Å².